The van der Waals surface area contributed by atoms with Crippen molar-refractivity contribution in [3.8, 4) is 5.75 Å². The maximum absolute atomic E-state index is 12.6. The number of ether oxygens (including phenoxy) is 1. The molecule has 2 N–H and O–H groups in total. The monoisotopic (exact) mass is 446 g/mol. The smallest absolute Gasteiger partial charge is 0.321 e. The van der Waals surface area contributed by atoms with Crippen molar-refractivity contribution in [3.05, 3.63) is 54.1 Å². The van der Waals surface area contributed by atoms with Gasteiger partial charge in [-0.05, 0) is 31.2 Å². The van der Waals surface area contributed by atoms with E-state index in [9.17, 15) is 18.0 Å². The van der Waals surface area contributed by atoms with E-state index < -0.39 is 10.0 Å². The summed E-state index contributed by atoms with van der Waals surface area (Å²) in [7, 11) is -2.02. The van der Waals surface area contributed by atoms with E-state index in [1.807, 2.05) is 18.2 Å². The van der Waals surface area contributed by atoms with Crippen LogP contribution in [0.25, 0.3) is 0 Å². The van der Waals surface area contributed by atoms with Gasteiger partial charge in [0.15, 0.2) is 0 Å². The number of piperazine rings is 1. The van der Waals surface area contributed by atoms with Gasteiger partial charge in [-0.15, -0.1) is 0 Å². The quantitative estimate of drug-likeness (QED) is 0.709. The molecule has 9 nitrogen and oxygen atoms in total. The first kappa shape index (κ1) is 22.4. The summed E-state index contributed by atoms with van der Waals surface area (Å²) in [6.45, 7) is 3.26. The van der Waals surface area contributed by atoms with Crippen LogP contribution in [0, 0.1) is 0 Å². The largest absolute Gasteiger partial charge is 0.494 e. The lowest BCUT2D eigenvalue weighted by atomic mass is 10.2. The predicted octanol–water partition coefficient (Wildman–Crippen LogP) is 2.45. The van der Waals surface area contributed by atoms with E-state index in [4.69, 9.17) is 4.74 Å². The van der Waals surface area contributed by atoms with Crippen molar-refractivity contribution in [1.82, 2.24) is 9.80 Å². The van der Waals surface area contributed by atoms with E-state index >= 15 is 0 Å². The van der Waals surface area contributed by atoms with Gasteiger partial charge in [-0.3, -0.25) is 9.52 Å². The molecule has 10 heteroatoms. The Hall–Kier alpha value is -3.27. The molecule has 2 aromatic carbocycles. The van der Waals surface area contributed by atoms with Crippen LogP contribution in [0.4, 0.5) is 16.2 Å². The van der Waals surface area contributed by atoms with Gasteiger partial charge in [-0.2, -0.15) is 0 Å². The van der Waals surface area contributed by atoms with E-state index in [1.165, 1.54) is 20.1 Å². The average molecular weight is 447 g/mol. The predicted molar refractivity (Wildman–Crippen MR) is 119 cm³/mol. The molecule has 0 spiro atoms. The van der Waals surface area contributed by atoms with Crippen LogP contribution >= 0.6 is 0 Å². The number of rotatable bonds is 6. The van der Waals surface area contributed by atoms with Gasteiger partial charge in [0.05, 0.1) is 18.6 Å². The normalized spacial score (nSPS) is 14.1. The van der Waals surface area contributed by atoms with E-state index in [1.54, 1.807) is 34.1 Å². The summed E-state index contributed by atoms with van der Waals surface area (Å²) in [5, 5.41) is 2.79. The second-order valence-electron chi connectivity index (χ2n) is 7.00. The van der Waals surface area contributed by atoms with Crippen molar-refractivity contribution in [2.24, 2.45) is 0 Å². The number of sulfonamides is 1. The minimum Gasteiger partial charge on any atom is -0.494 e. The molecule has 3 rings (SSSR count). The third-order valence-electron chi connectivity index (χ3n) is 4.97. The molecule has 1 aliphatic heterocycles. The zero-order valence-electron chi connectivity index (χ0n) is 17.5. The molecule has 1 aliphatic rings. The van der Waals surface area contributed by atoms with Crippen LogP contribution in [-0.4, -0.2) is 69.2 Å². The first-order chi connectivity index (χ1) is 14.8. The topological polar surface area (TPSA) is 108 Å². The molecule has 0 unspecified atom stereocenters. The number of benzene rings is 2. The Morgan fingerprint density at radius 3 is 2.26 bits per heavy atom. The van der Waals surface area contributed by atoms with Gasteiger partial charge in [-0.25, -0.2) is 13.2 Å². The summed E-state index contributed by atoms with van der Waals surface area (Å²) in [6, 6.07) is 13.5. The van der Waals surface area contributed by atoms with Crippen LogP contribution in [0.2, 0.25) is 0 Å². The van der Waals surface area contributed by atoms with Gasteiger partial charge in [0.2, 0.25) is 10.0 Å². The van der Waals surface area contributed by atoms with Gasteiger partial charge in [0.25, 0.3) is 5.91 Å². The minimum atomic E-state index is -3.45. The number of carbonyl (C=O) groups is 2. The van der Waals surface area contributed by atoms with Gasteiger partial charge < -0.3 is 19.9 Å². The highest BCUT2D eigenvalue weighted by Crippen LogP contribution is 2.29. The Morgan fingerprint density at radius 2 is 1.65 bits per heavy atom. The molecule has 1 fully saturated rings. The molecule has 0 aromatic heterocycles. The molecule has 166 valence electrons. The van der Waals surface area contributed by atoms with Crippen molar-refractivity contribution in [2.45, 2.75) is 6.92 Å². The minimum absolute atomic E-state index is 0.0458. The Kier molecular flexibility index (Phi) is 7.01. The van der Waals surface area contributed by atoms with Gasteiger partial charge in [0.1, 0.15) is 5.75 Å². The summed E-state index contributed by atoms with van der Waals surface area (Å²) >= 11 is 0. The van der Waals surface area contributed by atoms with Gasteiger partial charge in [0, 0.05) is 43.5 Å². The molecule has 0 bridgehead atoms. The summed E-state index contributed by atoms with van der Waals surface area (Å²) in [6.07, 6.45) is 0. The molecule has 0 radical (unpaired) electrons. The zero-order valence-corrected chi connectivity index (χ0v) is 18.3. The van der Waals surface area contributed by atoms with Crippen molar-refractivity contribution in [1.29, 1.82) is 0 Å². The highest BCUT2D eigenvalue weighted by Gasteiger charge is 2.25. The molecule has 0 saturated carbocycles. The fourth-order valence-corrected chi connectivity index (χ4v) is 3.82. The lowest BCUT2D eigenvalue weighted by Gasteiger charge is -2.34. The third kappa shape index (κ3) is 5.66. The maximum atomic E-state index is 12.6. The fraction of sp³-hybridized carbons (Fsp3) is 0.333. The SMILES string of the molecule is CCS(=O)(=O)Nc1ccc(NC(=O)N2CCN(C(=O)c3ccccc3)CC2)cc1OC. The van der Waals surface area contributed by atoms with E-state index in [2.05, 4.69) is 10.0 Å². The third-order valence-corrected chi connectivity index (χ3v) is 6.26. The van der Waals surface area contributed by atoms with Crippen LogP contribution in [0.5, 0.6) is 5.75 Å². The van der Waals surface area contributed by atoms with Gasteiger partial charge >= 0.3 is 6.03 Å². The number of methoxy groups -OCH3 is 1. The van der Waals surface area contributed by atoms with Crippen LogP contribution < -0.4 is 14.8 Å². The molecule has 0 atom stereocenters. The number of amides is 3. The standard InChI is InChI=1S/C21H26N4O5S/c1-3-31(28,29)23-18-10-9-17(15-19(18)30-2)22-21(27)25-13-11-24(12-14-25)20(26)16-7-5-4-6-8-16/h4-10,15,23H,3,11-14H2,1-2H3,(H,22,27). The Bertz CT molecular complexity index is 1030. The van der Waals surface area contributed by atoms with Crippen molar-refractivity contribution < 1.29 is 22.7 Å². The molecule has 3 amide bonds. The van der Waals surface area contributed by atoms with E-state index in [-0.39, 0.29) is 17.7 Å². The lowest BCUT2D eigenvalue weighted by molar-refractivity contribution is 0.0671. The van der Waals surface area contributed by atoms with E-state index in [0.717, 1.165) is 0 Å². The molecule has 1 heterocycles. The molecular weight excluding hydrogens is 420 g/mol. The number of carbonyl (C=O) groups excluding carboxylic acids is 2. The second-order valence-corrected chi connectivity index (χ2v) is 9.01. The summed E-state index contributed by atoms with van der Waals surface area (Å²) < 4.78 is 31.3. The van der Waals surface area contributed by atoms with Crippen molar-refractivity contribution in [3.63, 3.8) is 0 Å². The molecule has 0 aliphatic carbocycles. The van der Waals surface area contributed by atoms with Crippen LogP contribution in [-0.2, 0) is 10.0 Å². The van der Waals surface area contributed by atoms with Gasteiger partial charge in [-0.1, -0.05) is 18.2 Å². The number of anilines is 2. The molecule has 2 aromatic rings. The number of nitrogens with one attached hydrogen (secondary N) is 2. The highest BCUT2D eigenvalue weighted by atomic mass is 32.2. The highest BCUT2D eigenvalue weighted by molar-refractivity contribution is 7.92. The Labute approximate surface area is 182 Å². The first-order valence-corrected chi connectivity index (χ1v) is 11.6. The maximum Gasteiger partial charge on any atom is 0.321 e. The zero-order chi connectivity index (χ0) is 22.4. The number of hydrogen-bond donors (Lipinski definition) is 2. The average Bonchev–Trinajstić information content (AvgIpc) is 2.80. The van der Waals surface area contributed by atoms with E-state index in [0.29, 0.717) is 48.9 Å². The van der Waals surface area contributed by atoms with Crippen LogP contribution in [0.1, 0.15) is 17.3 Å². The molecular formula is C21H26N4O5S. The number of urea groups is 1. The second kappa shape index (κ2) is 9.69. The summed E-state index contributed by atoms with van der Waals surface area (Å²) in [5.74, 6) is 0.191. The molecule has 1 saturated heterocycles. The fourth-order valence-electron chi connectivity index (χ4n) is 3.17. The summed E-state index contributed by atoms with van der Waals surface area (Å²) in [4.78, 5) is 28.5. The van der Waals surface area contributed by atoms with Crippen LogP contribution in [0.3, 0.4) is 0 Å². The number of hydrogen-bond acceptors (Lipinski definition) is 5. The molecule has 31 heavy (non-hydrogen) atoms. The summed E-state index contributed by atoms with van der Waals surface area (Å²) in [5.41, 5.74) is 1.41. The van der Waals surface area contributed by atoms with Crippen LogP contribution in [0.15, 0.2) is 48.5 Å². The Morgan fingerprint density at radius 1 is 1.00 bits per heavy atom. The Balaban J connectivity index is 1.59. The first-order valence-electron chi connectivity index (χ1n) is 9.91. The number of nitrogens with zero attached hydrogens (tertiary/aromatic N) is 2. The van der Waals surface area contributed by atoms with Crippen molar-refractivity contribution >= 4 is 33.3 Å². The van der Waals surface area contributed by atoms with Crippen molar-refractivity contribution in [2.75, 3.05) is 49.1 Å². The lowest BCUT2D eigenvalue weighted by Crippen LogP contribution is -2.51.